The maximum Gasteiger partial charge on any atom is 0.253 e. The molecule has 0 radical (unpaired) electrons. The zero-order valence-electron chi connectivity index (χ0n) is 16.0. The normalized spacial score (nSPS) is 14.6. The van der Waals surface area contributed by atoms with Crippen molar-refractivity contribution in [3.8, 4) is 5.75 Å². The summed E-state index contributed by atoms with van der Waals surface area (Å²) in [4.78, 5) is 26.6. The van der Waals surface area contributed by atoms with Gasteiger partial charge in [-0.1, -0.05) is 12.1 Å². The molecule has 1 heterocycles. The molecular formula is C22H25FN2O3. The summed E-state index contributed by atoms with van der Waals surface area (Å²) in [6.45, 7) is 3.72. The number of rotatable bonds is 6. The lowest BCUT2D eigenvalue weighted by molar-refractivity contribution is -0.121. The molecule has 148 valence electrons. The summed E-state index contributed by atoms with van der Waals surface area (Å²) in [6, 6.07) is 13.2. The van der Waals surface area contributed by atoms with Gasteiger partial charge in [-0.3, -0.25) is 9.59 Å². The van der Waals surface area contributed by atoms with Crippen molar-refractivity contribution in [2.24, 2.45) is 0 Å². The average Bonchev–Trinajstić information content (AvgIpc) is 2.71. The number of carbonyl (C=O) groups is 2. The smallest absolute Gasteiger partial charge is 0.253 e. The van der Waals surface area contributed by atoms with Crippen molar-refractivity contribution in [3.05, 3.63) is 65.5 Å². The molecule has 5 nitrogen and oxygen atoms in total. The summed E-state index contributed by atoms with van der Waals surface area (Å²) < 4.78 is 18.3. The Morgan fingerprint density at radius 1 is 1.07 bits per heavy atom. The Morgan fingerprint density at radius 2 is 1.71 bits per heavy atom. The Balaban J connectivity index is 1.46. The molecular weight excluding hydrogens is 359 g/mol. The van der Waals surface area contributed by atoms with Crippen LogP contribution in [-0.2, 0) is 11.2 Å². The van der Waals surface area contributed by atoms with Gasteiger partial charge in [-0.25, -0.2) is 4.39 Å². The fourth-order valence-corrected chi connectivity index (χ4v) is 3.34. The maximum absolute atomic E-state index is 12.9. The fraction of sp³-hybridized carbons (Fsp3) is 0.364. The Morgan fingerprint density at radius 3 is 2.32 bits per heavy atom. The van der Waals surface area contributed by atoms with Gasteiger partial charge in [-0.15, -0.1) is 0 Å². The molecule has 0 aromatic heterocycles. The zero-order valence-corrected chi connectivity index (χ0v) is 16.0. The SMILES string of the molecule is CCOc1ccc(C(=O)N2CCC(NC(=O)Cc3ccc(F)cc3)CC2)cc1. The van der Waals surface area contributed by atoms with E-state index in [4.69, 9.17) is 4.74 Å². The monoisotopic (exact) mass is 384 g/mol. The van der Waals surface area contributed by atoms with Crippen molar-refractivity contribution < 1.29 is 18.7 Å². The molecule has 2 aromatic rings. The van der Waals surface area contributed by atoms with E-state index in [-0.39, 0.29) is 30.1 Å². The Kier molecular flexibility index (Phi) is 6.63. The second kappa shape index (κ2) is 9.35. The van der Waals surface area contributed by atoms with Crippen LogP contribution in [0.4, 0.5) is 4.39 Å². The van der Waals surface area contributed by atoms with Crippen LogP contribution in [0.3, 0.4) is 0 Å². The topological polar surface area (TPSA) is 58.6 Å². The second-order valence-corrected chi connectivity index (χ2v) is 6.89. The third-order valence-electron chi connectivity index (χ3n) is 4.84. The highest BCUT2D eigenvalue weighted by molar-refractivity contribution is 5.94. The first-order valence-electron chi connectivity index (χ1n) is 9.61. The first-order chi connectivity index (χ1) is 13.5. The van der Waals surface area contributed by atoms with E-state index in [0.717, 1.165) is 24.2 Å². The van der Waals surface area contributed by atoms with E-state index in [9.17, 15) is 14.0 Å². The van der Waals surface area contributed by atoms with Gasteiger partial charge in [0.15, 0.2) is 0 Å². The van der Waals surface area contributed by atoms with Crippen molar-refractivity contribution in [2.45, 2.75) is 32.2 Å². The number of nitrogens with one attached hydrogen (secondary N) is 1. The average molecular weight is 384 g/mol. The van der Waals surface area contributed by atoms with Crippen molar-refractivity contribution >= 4 is 11.8 Å². The molecule has 0 saturated carbocycles. The number of nitrogens with zero attached hydrogens (tertiary/aromatic N) is 1. The minimum atomic E-state index is -0.311. The number of likely N-dealkylation sites (tertiary alicyclic amines) is 1. The van der Waals surface area contributed by atoms with E-state index in [1.165, 1.54) is 12.1 Å². The van der Waals surface area contributed by atoms with Crippen molar-refractivity contribution in [2.75, 3.05) is 19.7 Å². The molecule has 1 N–H and O–H groups in total. The molecule has 28 heavy (non-hydrogen) atoms. The van der Waals surface area contributed by atoms with Gasteiger partial charge in [-0.2, -0.15) is 0 Å². The lowest BCUT2D eigenvalue weighted by Gasteiger charge is -2.32. The molecule has 0 unspecified atom stereocenters. The van der Waals surface area contributed by atoms with E-state index in [2.05, 4.69) is 5.32 Å². The third-order valence-corrected chi connectivity index (χ3v) is 4.84. The first kappa shape index (κ1) is 19.9. The van der Waals surface area contributed by atoms with Crippen molar-refractivity contribution in [1.82, 2.24) is 10.2 Å². The van der Waals surface area contributed by atoms with Gasteiger partial charge in [0.05, 0.1) is 13.0 Å². The lowest BCUT2D eigenvalue weighted by atomic mass is 10.0. The molecule has 1 saturated heterocycles. The van der Waals surface area contributed by atoms with Crippen LogP contribution < -0.4 is 10.1 Å². The minimum absolute atomic E-state index is 0.000799. The van der Waals surface area contributed by atoms with Gasteiger partial charge < -0.3 is 15.0 Å². The summed E-state index contributed by atoms with van der Waals surface area (Å²) in [7, 11) is 0. The van der Waals surface area contributed by atoms with E-state index < -0.39 is 0 Å². The number of amides is 2. The number of ether oxygens (including phenoxy) is 1. The van der Waals surface area contributed by atoms with Crippen molar-refractivity contribution in [1.29, 1.82) is 0 Å². The summed E-state index contributed by atoms with van der Waals surface area (Å²) in [5.41, 5.74) is 1.42. The Bertz CT molecular complexity index is 798. The van der Waals surface area contributed by atoms with Gasteiger partial charge in [0.1, 0.15) is 11.6 Å². The third kappa shape index (κ3) is 5.31. The molecule has 0 bridgehead atoms. The van der Waals surface area contributed by atoms with Crippen LogP contribution in [0, 0.1) is 5.82 Å². The van der Waals surface area contributed by atoms with Gasteiger partial charge in [-0.05, 0) is 61.7 Å². The number of hydrogen-bond donors (Lipinski definition) is 1. The summed E-state index contributed by atoms with van der Waals surface area (Å²) in [5.74, 6) is 0.359. The molecule has 0 spiro atoms. The van der Waals surface area contributed by atoms with Crippen LogP contribution in [0.25, 0.3) is 0 Å². The molecule has 1 aliphatic heterocycles. The van der Waals surface area contributed by atoms with Gasteiger partial charge in [0.25, 0.3) is 5.91 Å². The standard InChI is InChI=1S/C22H25FN2O3/c1-2-28-20-9-5-17(6-10-20)22(27)25-13-11-19(12-14-25)24-21(26)15-16-3-7-18(23)8-4-16/h3-10,19H,2,11-15H2,1H3,(H,24,26). The summed E-state index contributed by atoms with van der Waals surface area (Å²) in [5, 5.41) is 3.02. The molecule has 0 aliphatic carbocycles. The number of piperidine rings is 1. The van der Waals surface area contributed by atoms with Crippen LogP contribution in [0.15, 0.2) is 48.5 Å². The summed E-state index contributed by atoms with van der Waals surface area (Å²) in [6.07, 6.45) is 1.67. The molecule has 3 rings (SSSR count). The van der Waals surface area contributed by atoms with Gasteiger partial charge >= 0.3 is 0 Å². The van der Waals surface area contributed by atoms with Crippen LogP contribution in [0.1, 0.15) is 35.7 Å². The molecule has 1 fully saturated rings. The number of benzene rings is 2. The van der Waals surface area contributed by atoms with Crippen LogP contribution in [-0.4, -0.2) is 42.5 Å². The molecule has 1 aliphatic rings. The van der Waals surface area contributed by atoms with E-state index in [1.54, 1.807) is 36.4 Å². The minimum Gasteiger partial charge on any atom is -0.494 e. The Hall–Kier alpha value is -2.89. The molecule has 2 aromatic carbocycles. The van der Waals surface area contributed by atoms with Crippen LogP contribution in [0.2, 0.25) is 0 Å². The number of hydrogen-bond acceptors (Lipinski definition) is 3. The molecule has 6 heteroatoms. The largest absolute Gasteiger partial charge is 0.494 e. The zero-order chi connectivity index (χ0) is 19.9. The maximum atomic E-state index is 12.9. The fourth-order valence-electron chi connectivity index (χ4n) is 3.34. The highest BCUT2D eigenvalue weighted by Gasteiger charge is 2.24. The van der Waals surface area contributed by atoms with Gasteiger partial charge in [0.2, 0.25) is 5.91 Å². The highest BCUT2D eigenvalue weighted by Crippen LogP contribution is 2.17. The predicted octanol–water partition coefficient (Wildman–Crippen LogP) is 3.19. The summed E-state index contributed by atoms with van der Waals surface area (Å²) >= 11 is 0. The number of carbonyl (C=O) groups excluding carboxylic acids is 2. The molecule has 0 atom stereocenters. The van der Waals surface area contributed by atoms with E-state index in [0.29, 0.717) is 25.3 Å². The number of halogens is 1. The van der Waals surface area contributed by atoms with Gasteiger partial charge in [0, 0.05) is 24.7 Å². The molecule has 2 amide bonds. The highest BCUT2D eigenvalue weighted by atomic mass is 19.1. The predicted molar refractivity (Wildman–Crippen MR) is 105 cm³/mol. The van der Waals surface area contributed by atoms with Crippen molar-refractivity contribution in [3.63, 3.8) is 0 Å². The first-order valence-corrected chi connectivity index (χ1v) is 9.61. The second-order valence-electron chi connectivity index (χ2n) is 6.89. The lowest BCUT2D eigenvalue weighted by Crippen LogP contribution is -2.46. The van der Waals surface area contributed by atoms with E-state index in [1.807, 2.05) is 11.8 Å². The van der Waals surface area contributed by atoms with E-state index >= 15 is 0 Å². The Labute approximate surface area is 164 Å². The van der Waals surface area contributed by atoms with Crippen LogP contribution >= 0.6 is 0 Å². The van der Waals surface area contributed by atoms with Crippen LogP contribution in [0.5, 0.6) is 5.75 Å². The quantitative estimate of drug-likeness (QED) is 0.832.